The second kappa shape index (κ2) is 7.81. The van der Waals surface area contributed by atoms with Gasteiger partial charge in [-0.05, 0) is 45.4 Å². The molecule has 0 saturated carbocycles. The lowest BCUT2D eigenvalue weighted by molar-refractivity contribution is -0.136. The Bertz CT molecular complexity index is 955. The number of carbonyl (C=O) groups is 2. The van der Waals surface area contributed by atoms with Crippen molar-refractivity contribution in [2.75, 3.05) is 26.2 Å². The molecule has 0 atom stereocenters. The number of nitrogens with zero attached hydrogens (tertiary/aromatic N) is 3. The fourth-order valence-corrected chi connectivity index (χ4v) is 3.33. The third-order valence-corrected chi connectivity index (χ3v) is 4.69. The zero-order chi connectivity index (χ0) is 22.3. The quantitative estimate of drug-likeness (QED) is 0.797. The second-order valence-electron chi connectivity index (χ2n) is 8.41. The van der Waals surface area contributed by atoms with Gasteiger partial charge in [-0.1, -0.05) is 0 Å². The van der Waals surface area contributed by atoms with Crippen LogP contribution in [-0.2, 0) is 22.1 Å². The average molecular weight is 426 g/mol. The van der Waals surface area contributed by atoms with E-state index in [0.717, 1.165) is 6.07 Å². The summed E-state index contributed by atoms with van der Waals surface area (Å²) in [5, 5.41) is 0. The molecule has 1 aromatic heterocycles. The predicted molar refractivity (Wildman–Crippen MR) is 104 cm³/mol. The van der Waals surface area contributed by atoms with Gasteiger partial charge in [-0.15, -0.1) is 0 Å². The van der Waals surface area contributed by atoms with Gasteiger partial charge in [-0.3, -0.25) is 4.79 Å². The van der Waals surface area contributed by atoms with Crippen LogP contribution in [0.15, 0.2) is 12.1 Å². The van der Waals surface area contributed by atoms with Crippen LogP contribution in [0.25, 0.3) is 11.0 Å². The number of halogens is 3. The van der Waals surface area contributed by atoms with Gasteiger partial charge in [-0.2, -0.15) is 13.2 Å². The summed E-state index contributed by atoms with van der Waals surface area (Å²) in [6.45, 7) is 8.23. The van der Waals surface area contributed by atoms with Crippen LogP contribution in [-0.4, -0.2) is 63.5 Å². The maximum absolute atomic E-state index is 13.3. The van der Waals surface area contributed by atoms with Gasteiger partial charge < -0.3 is 19.5 Å². The minimum absolute atomic E-state index is 0.141. The Morgan fingerprint density at radius 2 is 1.70 bits per heavy atom. The molecule has 3 rings (SSSR count). The van der Waals surface area contributed by atoms with Gasteiger partial charge in [0.05, 0.1) is 17.5 Å². The zero-order valence-corrected chi connectivity index (χ0v) is 17.4. The fourth-order valence-electron chi connectivity index (χ4n) is 3.33. The van der Waals surface area contributed by atoms with Crippen molar-refractivity contribution in [2.24, 2.45) is 0 Å². The summed E-state index contributed by atoms with van der Waals surface area (Å²) < 4.78 is 45.2. The monoisotopic (exact) mass is 426 g/mol. The molecule has 0 spiro atoms. The Hall–Kier alpha value is -2.78. The van der Waals surface area contributed by atoms with E-state index in [0.29, 0.717) is 31.7 Å². The van der Waals surface area contributed by atoms with Gasteiger partial charge in [0.1, 0.15) is 16.9 Å². The number of amides is 2. The highest BCUT2D eigenvalue weighted by Crippen LogP contribution is 2.34. The Kier molecular flexibility index (Phi) is 5.70. The van der Waals surface area contributed by atoms with Crippen molar-refractivity contribution in [1.82, 2.24) is 19.8 Å². The number of imidazole rings is 1. The first-order valence-corrected chi connectivity index (χ1v) is 9.65. The van der Waals surface area contributed by atoms with E-state index in [1.807, 2.05) is 0 Å². The number of H-pyrrole nitrogens is 1. The standard InChI is InChI=1S/C20H25F3N4O3/c1-12-9-13(20(21,22)23)17-14(10-12)24-15(25-17)11-16(28)26-5-7-27(8-6-26)18(29)30-19(2,3)4/h9-10H,5-8,11H2,1-4H3,(H,24,25). The Morgan fingerprint density at radius 3 is 2.27 bits per heavy atom. The molecule has 0 unspecified atom stereocenters. The number of aromatic nitrogens is 2. The summed E-state index contributed by atoms with van der Waals surface area (Å²) in [5.74, 6) is -0.0798. The van der Waals surface area contributed by atoms with Crippen molar-refractivity contribution in [1.29, 1.82) is 0 Å². The van der Waals surface area contributed by atoms with Crippen LogP contribution < -0.4 is 0 Å². The number of fused-ring (bicyclic) bond motifs is 1. The lowest BCUT2D eigenvalue weighted by Gasteiger charge is -2.35. The first-order chi connectivity index (χ1) is 13.8. The Balaban J connectivity index is 1.66. The smallest absolute Gasteiger partial charge is 0.418 e. The number of nitrogens with one attached hydrogen (secondary N) is 1. The SMILES string of the molecule is Cc1cc(C(F)(F)F)c2nc(CC(=O)N3CCN(C(=O)OC(C)(C)C)CC3)[nH]c2c1. The number of benzene rings is 1. The highest BCUT2D eigenvalue weighted by Gasteiger charge is 2.34. The van der Waals surface area contributed by atoms with Crippen LogP contribution in [0.3, 0.4) is 0 Å². The number of piperazine rings is 1. The number of carbonyl (C=O) groups excluding carboxylic acids is 2. The number of hydrogen-bond acceptors (Lipinski definition) is 4. The molecule has 164 valence electrons. The number of aromatic amines is 1. The van der Waals surface area contributed by atoms with Crippen LogP contribution >= 0.6 is 0 Å². The third kappa shape index (κ3) is 5.03. The van der Waals surface area contributed by atoms with Gasteiger partial charge in [0.2, 0.25) is 5.91 Å². The summed E-state index contributed by atoms with van der Waals surface area (Å²) in [6.07, 6.45) is -5.10. The van der Waals surface area contributed by atoms with Crippen molar-refractivity contribution in [3.05, 3.63) is 29.1 Å². The first-order valence-electron chi connectivity index (χ1n) is 9.65. The van der Waals surface area contributed by atoms with Crippen LogP contribution in [0, 0.1) is 6.92 Å². The molecule has 2 heterocycles. The molecule has 10 heteroatoms. The lowest BCUT2D eigenvalue weighted by atomic mass is 10.1. The van der Waals surface area contributed by atoms with Gasteiger partial charge >= 0.3 is 12.3 Å². The second-order valence-corrected chi connectivity index (χ2v) is 8.41. The molecule has 1 aliphatic heterocycles. The highest BCUT2D eigenvalue weighted by molar-refractivity contribution is 5.83. The van der Waals surface area contributed by atoms with Crippen molar-refractivity contribution in [3.63, 3.8) is 0 Å². The number of alkyl halides is 3. The first kappa shape index (κ1) is 21.9. The summed E-state index contributed by atoms with van der Waals surface area (Å²) in [7, 11) is 0. The summed E-state index contributed by atoms with van der Waals surface area (Å²) in [5.41, 5.74) is -0.905. The molecular weight excluding hydrogens is 401 g/mol. The fraction of sp³-hybridized carbons (Fsp3) is 0.550. The van der Waals surface area contributed by atoms with Crippen molar-refractivity contribution < 1.29 is 27.5 Å². The van der Waals surface area contributed by atoms with Crippen LogP contribution in [0.1, 0.15) is 37.7 Å². The van der Waals surface area contributed by atoms with Gasteiger partial charge in [-0.25, -0.2) is 9.78 Å². The van der Waals surface area contributed by atoms with Gasteiger partial charge in [0.15, 0.2) is 0 Å². The molecule has 1 fully saturated rings. The van der Waals surface area contributed by atoms with Crippen molar-refractivity contribution >= 4 is 23.0 Å². The lowest BCUT2D eigenvalue weighted by Crippen LogP contribution is -2.52. The molecular formula is C20H25F3N4O3. The maximum atomic E-state index is 13.3. The summed E-state index contributed by atoms with van der Waals surface area (Å²) >= 11 is 0. The van der Waals surface area contributed by atoms with E-state index in [1.165, 1.54) is 4.90 Å². The van der Waals surface area contributed by atoms with E-state index < -0.39 is 23.4 Å². The van der Waals surface area contributed by atoms with Crippen LogP contribution in [0.5, 0.6) is 0 Å². The zero-order valence-electron chi connectivity index (χ0n) is 17.4. The minimum Gasteiger partial charge on any atom is -0.444 e. The van der Waals surface area contributed by atoms with E-state index in [-0.39, 0.29) is 29.2 Å². The molecule has 0 radical (unpaired) electrons. The highest BCUT2D eigenvalue weighted by atomic mass is 19.4. The predicted octanol–water partition coefficient (Wildman–Crippen LogP) is 3.51. The summed E-state index contributed by atoms with van der Waals surface area (Å²) in [4.78, 5) is 34.7. The number of aryl methyl sites for hydroxylation is 1. The van der Waals surface area contributed by atoms with Gasteiger partial charge in [0.25, 0.3) is 0 Å². The average Bonchev–Trinajstić information content (AvgIpc) is 3.00. The van der Waals surface area contributed by atoms with E-state index in [2.05, 4.69) is 9.97 Å². The molecule has 2 aromatic rings. The van der Waals surface area contributed by atoms with Gasteiger partial charge in [0, 0.05) is 26.2 Å². The molecule has 0 aliphatic carbocycles. The van der Waals surface area contributed by atoms with Crippen molar-refractivity contribution in [3.8, 4) is 0 Å². The van der Waals surface area contributed by atoms with Crippen molar-refractivity contribution in [2.45, 2.75) is 45.9 Å². The normalized spacial score (nSPS) is 15.6. The van der Waals surface area contributed by atoms with E-state index >= 15 is 0 Å². The number of hydrogen-bond donors (Lipinski definition) is 1. The number of ether oxygens (including phenoxy) is 1. The minimum atomic E-state index is -4.53. The number of rotatable bonds is 2. The van der Waals surface area contributed by atoms with E-state index in [4.69, 9.17) is 4.74 Å². The van der Waals surface area contributed by atoms with Crippen LogP contribution in [0.2, 0.25) is 0 Å². The molecule has 30 heavy (non-hydrogen) atoms. The summed E-state index contributed by atoms with van der Waals surface area (Å²) in [6, 6.07) is 2.62. The topological polar surface area (TPSA) is 78.5 Å². The molecule has 1 aromatic carbocycles. The Morgan fingerprint density at radius 1 is 1.10 bits per heavy atom. The maximum Gasteiger partial charge on any atom is 0.418 e. The largest absolute Gasteiger partial charge is 0.444 e. The molecule has 1 N–H and O–H groups in total. The molecule has 2 amide bonds. The molecule has 1 aliphatic rings. The third-order valence-electron chi connectivity index (χ3n) is 4.69. The van der Waals surface area contributed by atoms with E-state index in [9.17, 15) is 22.8 Å². The molecule has 7 nitrogen and oxygen atoms in total. The Labute approximate surface area is 172 Å². The molecule has 1 saturated heterocycles. The molecule has 0 bridgehead atoms. The van der Waals surface area contributed by atoms with Crippen LogP contribution in [0.4, 0.5) is 18.0 Å². The van der Waals surface area contributed by atoms with E-state index in [1.54, 1.807) is 38.7 Å².